The fourth-order valence-electron chi connectivity index (χ4n) is 3.21. The molecule has 2 aromatic rings. The number of anilines is 2. The van der Waals surface area contributed by atoms with Crippen LogP contribution in [0.5, 0.6) is 0 Å². The van der Waals surface area contributed by atoms with E-state index in [9.17, 15) is 0 Å². The minimum absolute atomic E-state index is 0.275. The first-order valence-corrected chi connectivity index (χ1v) is 9.77. The van der Waals surface area contributed by atoms with Crippen molar-refractivity contribution >= 4 is 40.4 Å². The highest BCUT2D eigenvalue weighted by atomic mass is 35.5. The summed E-state index contributed by atoms with van der Waals surface area (Å²) >= 11 is 11.9. The van der Waals surface area contributed by atoms with Gasteiger partial charge in [0.2, 0.25) is 0 Å². The molecule has 1 saturated heterocycles. The highest BCUT2D eigenvalue weighted by Gasteiger charge is 2.27. The van der Waals surface area contributed by atoms with Crippen LogP contribution in [0.2, 0.25) is 5.02 Å². The van der Waals surface area contributed by atoms with E-state index < -0.39 is 0 Å². The number of halogens is 1. The van der Waals surface area contributed by atoms with Crippen molar-refractivity contribution in [2.45, 2.75) is 32.7 Å². The SMILES string of the molecule is CC(C)c1ccc(NC(=S)N2CCN(c3ncccc3Cl)C[C@@H]2C)cc1. The van der Waals surface area contributed by atoms with Gasteiger partial charge in [-0.25, -0.2) is 4.98 Å². The molecule has 1 atom stereocenters. The number of nitrogens with zero attached hydrogens (tertiary/aromatic N) is 3. The van der Waals surface area contributed by atoms with Crippen LogP contribution in [0.1, 0.15) is 32.3 Å². The smallest absolute Gasteiger partial charge is 0.173 e. The molecule has 1 aromatic carbocycles. The summed E-state index contributed by atoms with van der Waals surface area (Å²) in [6.07, 6.45) is 1.78. The van der Waals surface area contributed by atoms with Crippen molar-refractivity contribution in [3.63, 3.8) is 0 Å². The molecule has 0 aliphatic carbocycles. The zero-order valence-electron chi connectivity index (χ0n) is 15.4. The van der Waals surface area contributed by atoms with Crippen molar-refractivity contribution in [2.75, 3.05) is 29.9 Å². The summed E-state index contributed by atoms with van der Waals surface area (Å²) in [5.74, 6) is 1.38. The molecule has 0 radical (unpaired) electrons. The van der Waals surface area contributed by atoms with Crippen LogP contribution in [0.15, 0.2) is 42.6 Å². The van der Waals surface area contributed by atoms with Crippen LogP contribution in [0.4, 0.5) is 11.5 Å². The average Bonchev–Trinajstić information content (AvgIpc) is 2.62. The molecule has 1 aromatic heterocycles. The van der Waals surface area contributed by atoms with E-state index in [0.29, 0.717) is 10.9 Å². The lowest BCUT2D eigenvalue weighted by Crippen LogP contribution is -2.55. The Morgan fingerprint density at radius 1 is 1.23 bits per heavy atom. The lowest BCUT2D eigenvalue weighted by Gasteiger charge is -2.41. The van der Waals surface area contributed by atoms with E-state index >= 15 is 0 Å². The molecule has 0 bridgehead atoms. The standard InChI is InChI=1S/C20H25ClN4S/c1-14(2)16-6-8-17(9-7-16)23-20(26)25-12-11-24(13-15(25)3)19-18(21)5-4-10-22-19/h4-10,14-15H,11-13H2,1-3H3,(H,23,26)/t15-/m0/s1. The van der Waals surface area contributed by atoms with Crippen LogP contribution in [-0.4, -0.2) is 40.7 Å². The maximum atomic E-state index is 6.29. The Morgan fingerprint density at radius 3 is 2.58 bits per heavy atom. The van der Waals surface area contributed by atoms with E-state index in [4.69, 9.17) is 23.8 Å². The van der Waals surface area contributed by atoms with Crippen molar-refractivity contribution < 1.29 is 0 Å². The first kappa shape index (κ1) is 18.9. The van der Waals surface area contributed by atoms with E-state index in [1.807, 2.05) is 12.1 Å². The van der Waals surface area contributed by atoms with Gasteiger partial charge in [0.15, 0.2) is 5.11 Å². The largest absolute Gasteiger partial charge is 0.352 e. The fourth-order valence-corrected chi connectivity index (χ4v) is 3.84. The van der Waals surface area contributed by atoms with E-state index in [1.165, 1.54) is 5.56 Å². The first-order valence-electron chi connectivity index (χ1n) is 8.98. The molecule has 3 rings (SSSR count). The topological polar surface area (TPSA) is 31.4 Å². The Labute approximate surface area is 166 Å². The normalized spacial score (nSPS) is 17.5. The molecular weight excluding hydrogens is 364 g/mol. The number of pyridine rings is 1. The predicted molar refractivity (Wildman–Crippen MR) is 114 cm³/mol. The molecule has 138 valence electrons. The lowest BCUT2D eigenvalue weighted by molar-refractivity contribution is 0.301. The number of aromatic nitrogens is 1. The molecular formula is C20H25ClN4S. The zero-order chi connectivity index (χ0) is 18.7. The summed E-state index contributed by atoms with van der Waals surface area (Å²) in [7, 11) is 0. The van der Waals surface area contributed by atoms with E-state index in [-0.39, 0.29) is 6.04 Å². The summed E-state index contributed by atoms with van der Waals surface area (Å²) in [5.41, 5.74) is 2.36. The van der Waals surface area contributed by atoms with Crippen molar-refractivity contribution in [1.29, 1.82) is 0 Å². The molecule has 1 fully saturated rings. The summed E-state index contributed by atoms with van der Waals surface area (Å²) in [6, 6.07) is 12.5. The molecule has 0 amide bonds. The van der Waals surface area contributed by atoms with E-state index in [0.717, 1.165) is 36.3 Å². The number of hydrogen-bond donors (Lipinski definition) is 1. The van der Waals surface area contributed by atoms with Crippen molar-refractivity contribution in [3.8, 4) is 0 Å². The summed E-state index contributed by atoms with van der Waals surface area (Å²) in [6.45, 7) is 9.09. The maximum absolute atomic E-state index is 6.29. The van der Waals surface area contributed by atoms with Gasteiger partial charge < -0.3 is 15.1 Å². The lowest BCUT2D eigenvalue weighted by atomic mass is 10.0. The molecule has 0 unspecified atom stereocenters. The van der Waals surface area contributed by atoms with Crippen LogP contribution >= 0.6 is 23.8 Å². The number of piperazine rings is 1. The van der Waals surface area contributed by atoms with Crippen molar-refractivity contribution in [3.05, 3.63) is 53.2 Å². The predicted octanol–water partition coefficient (Wildman–Crippen LogP) is 4.77. The third kappa shape index (κ3) is 4.27. The van der Waals surface area contributed by atoms with Crippen LogP contribution in [0.3, 0.4) is 0 Å². The molecule has 0 spiro atoms. The van der Waals surface area contributed by atoms with Gasteiger partial charge in [-0.2, -0.15) is 0 Å². The Balaban J connectivity index is 1.62. The molecule has 1 aliphatic rings. The quantitative estimate of drug-likeness (QED) is 0.766. The Bertz CT molecular complexity index is 763. The summed E-state index contributed by atoms with van der Waals surface area (Å²) in [5, 5.41) is 4.83. The highest BCUT2D eigenvalue weighted by Crippen LogP contribution is 2.25. The van der Waals surface area contributed by atoms with Gasteiger partial charge in [0.05, 0.1) is 5.02 Å². The minimum Gasteiger partial charge on any atom is -0.352 e. The third-order valence-electron chi connectivity index (χ3n) is 4.76. The molecule has 26 heavy (non-hydrogen) atoms. The van der Waals surface area contributed by atoms with Crippen molar-refractivity contribution in [2.24, 2.45) is 0 Å². The molecule has 1 N–H and O–H groups in total. The van der Waals surface area contributed by atoms with Crippen molar-refractivity contribution in [1.82, 2.24) is 9.88 Å². The summed E-state index contributed by atoms with van der Waals surface area (Å²) < 4.78 is 0. The average molecular weight is 389 g/mol. The second-order valence-electron chi connectivity index (χ2n) is 7.00. The first-order chi connectivity index (χ1) is 12.5. The van der Waals surface area contributed by atoms with Crippen LogP contribution in [0.25, 0.3) is 0 Å². The van der Waals surface area contributed by atoms with Crippen LogP contribution in [-0.2, 0) is 0 Å². The van der Waals surface area contributed by atoms with Gasteiger partial charge in [-0.15, -0.1) is 0 Å². The second kappa shape index (κ2) is 8.23. The number of rotatable bonds is 3. The van der Waals surface area contributed by atoms with Gasteiger partial charge in [-0.1, -0.05) is 37.6 Å². The van der Waals surface area contributed by atoms with Gasteiger partial charge in [0.1, 0.15) is 5.82 Å². The van der Waals surface area contributed by atoms with Crippen LogP contribution < -0.4 is 10.2 Å². The number of benzene rings is 1. The number of nitrogens with one attached hydrogen (secondary N) is 1. The van der Waals surface area contributed by atoms with Gasteiger partial charge in [0, 0.05) is 37.6 Å². The second-order valence-corrected chi connectivity index (χ2v) is 7.80. The molecule has 2 heterocycles. The summed E-state index contributed by atoms with van der Waals surface area (Å²) in [4.78, 5) is 8.88. The molecule has 0 saturated carbocycles. The molecule has 6 heteroatoms. The highest BCUT2D eigenvalue weighted by molar-refractivity contribution is 7.80. The fraction of sp³-hybridized carbons (Fsp3) is 0.400. The van der Waals surface area contributed by atoms with Crippen LogP contribution in [0, 0.1) is 0 Å². The minimum atomic E-state index is 0.275. The number of hydrogen-bond acceptors (Lipinski definition) is 3. The van der Waals surface area contributed by atoms with Gasteiger partial charge in [0.25, 0.3) is 0 Å². The Morgan fingerprint density at radius 2 is 1.96 bits per heavy atom. The zero-order valence-corrected chi connectivity index (χ0v) is 17.0. The van der Waals surface area contributed by atoms with E-state index in [1.54, 1.807) is 6.20 Å². The third-order valence-corrected chi connectivity index (χ3v) is 5.39. The van der Waals surface area contributed by atoms with Gasteiger partial charge in [-0.3, -0.25) is 0 Å². The van der Waals surface area contributed by atoms with Gasteiger partial charge in [-0.05, 0) is 54.9 Å². The molecule has 1 aliphatic heterocycles. The van der Waals surface area contributed by atoms with E-state index in [2.05, 4.69) is 65.1 Å². The Kier molecular flexibility index (Phi) is 5.99. The monoisotopic (exact) mass is 388 g/mol. The Hall–Kier alpha value is -1.85. The molecule has 4 nitrogen and oxygen atoms in total. The maximum Gasteiger partial charge on any atom is 0.173 e. The number of thiocarbonyl (C=S) groups is 1. The van der Waals surface area contributed by atoms with Gasteiger partial charge >= 0.3 is 0 Å².